The van der Waals surface area contributed by atoms with Gasteiger partial charge in [0.25, 0.3) is 5.91 Å². The van der Waals surface area contributed by atoms with Crippen LogP contribution < -0.4 is 4.80 Å². The summed E-state index contributed by atoms with van der Waals surface area (Å²) < 4.78 is 30.7. The number of halogens is 1. The van der Waals surface area contributed by atoms with Crippen LogP contribution in [0.4, 0.5) is 0 Å². The number of para-hydroxylation sites is 1. The van der Waals surface area contributed by atoms with Crippen LogP contribution in [0.25, 0.3) is 10.2 Å². The molecule has 176 valence electrons. The maximum Gasteiger partial charge on any atom is 0.279 e. The van der Waals surface area contributed by atoms with E-state index in [4.69, 9.17) is 11.6 Å². The number of hydrogen-bond donors (Lipinski definition) is 0. The lowest BCUT2D eigenvalue weighted by molar-refractivity contribution is 0.0997. The topological polar surface area (TPSA) is 71.7 Å². The number of rotatable bonds is 5. The molecule has 1 fully saturated rings. The summed E-state index contributed by atoms with van der Waals surface area (Å²) in [5, 5.41) is 0.627. The Balaban J connectivity index is 1.64. The predicted molar refractivity (Wildman–Crippen MR) is 133 cm³/mol. The number of sulfonamides is 1. The van der Waals surface area contributed by atoms with Crippen LogP contribution in [0.2, 0.25) is 5.02 Å². The van der Waals surface area contributed by atoms with Crippen LogP contribution in [-0.4, -0.2) is 36.3 Å². The normalized spacial score (nSPS) is 20.4. The minimum Gasteiger partial charge on any atom is -0.315 e. The maximum absolute atomic E-state index is 13.1. The van der Waals surface area contributed by atoms with E-state index in [2.05, 4.69) is 25.8 Å². The van der Waals surface area contributed by atoms with Crippen LogP contribution in [0.1, 0.15) is 44.0 Å². The van der Waals surface area contributed by atoms with Crippen molar-refractivity contribution in [3.63, 3.8) is 0 Å². The number of hydrogen-bond acceptors (Lipinski definition) is 4. The van der Waals surface area contributed by atoms with Gasteiger partial charge in [-0.05, 0) is 61.1 Å². The Morgan fingerprint density at radius 1 is 1.12 bits per heavy atom. The molecule has 1 amide bonds. The number of carbonyl (C=O) groups excluding carboxylic acids is 1. The third-order valence-electron chi connectivity index (χ3n) is 5.87. The maximum atomic E-state index is 13.1. The van der Waals surface area contributed by atoms with E-state index in [9.17, 15) is 13.2 Å². The number of thiazole rings is 1. The van der Waals surface area contributed by atoms with Gasteiger partial charge in [-0.25, -0.2) is 8.42 Å². The lowest BCUT2D eigenvalue weighted by Gasteiger charge is -2.34. The van der Waals surface area contributed by atoms with Crippen molar-refractivity contribution >= 4 is 49.1 Å². The fourth-order valence-electron chi connectivity index (χ4n) is 4.48. The fourth-order valence-corrected chi connectivity index (χ4v) is 7.57. The molecular weight excluding hydrogens is 478 g/mol. The molecule has 1 saturated heterocycles. The van der Waals surface area contributed by atoms with Gasteiger partial charge >= 0.3 is 0 Å². The molecule has 2 aromatic carbocycles. The lowest BCUT2D eigenvalue weighted by atomic mass is 9.94. The van der Waals surface area contributed by atoms with E-state index in [0.717, 1.165) is 23.1 Å². The second-order valence-electron chi connectivity index (χ2n) is 8.83. The number of piperidine rings is 1. The molecule has 9 heteroatoms. The van der Waals surface area contributed by atoms with Crippen molar-refractivity contribution in [2.75, 3.05) is 13.1 Å². The summed E-state index contributed by atoms with van der Waals surface area (Å²) in [7, 11) is -3.59. The van der Waals surface area contributed by atoms with Crippen molar-refractivity contribution in [2.24, 2.45) is 16.8 Å². The van der Waals surface area contributed by atoms with Crippen molar-refractivity contribution < 1.29 is 13.2 Å². The minimum absolute atomic E-state index is 0.204. The van der Waals surface area contributed by atoms with Crippen LogP contribution in [0.5, 0.6) is 0 Å². The van der Waals surface area contributed by atoms with Gasteiger partial charge in [-0.3, -0.25) is 4.79 Å². The molecule has 6 nitrogen and oxygen atoms in total. The molecule has 1 aromatic heterocycles. The molecular formula is C24H28ClN3O3S2. The molecule has 4 rings (SSSR count). The van der Waals surface area contributed by atoms with E-state index in [1.54, 1.807) is 16.4 Å². The van der Waals surface area contributed by atoms with Crippen LogP contribution in [0, 0.1) is 11.8 Å². The number of amides is 1. The molecule has 0 aliphatic carbocycles. The van der Waals surface area contributed by atoms with Crippen molar-refractivity contribution in [3.8, 4) is 0 Å². The van der Waals surface area contributed by atoms with E-state index >= 15 is 0 Å². The number of benzene rings is 2. The van der Waals surface area contributed by atoms with Gasteiger partial charge in [-0.2, -0.15) is 9.30 Å². The van der Waals surface area contributed by atoms with Crippen molar-refractivity contribution in [3.05, 3.63) is 57.9 Å². The summed E-state index contributed by atoms with van der Waals surface area (Å²) in [6.07, 6.45) is 1.90. The summed E-state index contributed by atoms with van der Waals surface area (Å²) in [6.45, 7) is 7.95. The highest BCUT2D eigenvalue weighted by Gasteiger charge is 2.31. The monoisotopic (exact) mass is 505 g/mol. The second kappa shape index (κ2) is 9.70. The van der Waals surface area contributed by atoms with Crippen LogP contribution in [0.3, 0.4) is 0 Å². The Bertz CT molecular complexity index is 1330. The Kier molecular flexibility index (Phi) is 7.09. The molecule has 2 atom stereocenters. The zero-order chi connectivity index (χ0) is 23.8. The van der Waals surface area contributed by atoms with Crippen molar-refractivity contribution in [1.82, 2.24) is 8.87 Å². The van der Waals surface area contributed by atoms with E-state index < -0.39 is 15.9 Å². The van der Waals surface area contributed by atoms with Gasteiger partial charge in [0.1, 0.15) is 0 Å². The molecule has 0 saturated carbocycles. The molecule has 0 spiro atoms. The molecule has 0 bridgehead atoms. The quantitative estimate of drug-likeness (QED) is 0.480. The summed E-state index contributed by atoms with van der Waals surface area (Å²) in [5.74, 6) is 0.243. The van der Waals surface area contributed by atoms with E-state index in [1.165, 1.54) is 23.5 Å². The first kappa shape index (κ1) is 24.1. The first-order valence-corrected chi connectivity index (χ1v) is 13.8. The SMILES string of the molecule is CCCn1c(=NC(=O)c2ccc(S(=O)(=O)N3CC(C)CC(C)C3)cc2)sc2cccc(Cl)c21. The largest absolute Gasteiger partial charge is 0.315 e. The van der Waals surface area contributed by atoms with Crippen molar-refractivity contribution in [2.45, 2.75) is 45.1 Å². The highest BCUT2D eigenvalue weighted by molar-refractivity contribution is 7.89. The van der Waals surface area contributed by atoms with Crippen molar-refractivity contribution in [1.29, 1.82) is 0 Å². The summed E-state index contributed by atoms with van der Waals surface area (Å²) in [6, 6.07) is 11.8. The number of fused-ring (bicyclic) bond motifs is 1. The van der Waals surface area contributed by atoms with Gasteiger partial charge in [0.2, 0.25) is 10.0 Å². The van der Waals surface area contributed by atoms with Gasteiger partial charge in [-0.15, -0.1) is 0 Å². The average molecular weight is 506 g/mol. The van der Waals surface area contributed by atoms with E-state index in [-0.39, 0.29) is 4.90 Å². The van der Waals surface area contributed by atoms with E-state index in [0.29, 0.717) is 46.9 Å². The molecule has 0 N–H and O–H groups in total. The molecule has 1 aliphatic heterocycles. The highest BCUT2D eigenvalue weighted by atomic mass is 35.5. The first-order valence-electron chi connectivity index (χ1n) is 11.2. The number of aromatic nitrogens is 1. The zero-order valence-corrected chi connectivity index (χ0v) is 21.4. The molecule has 2 unspecified atom stereocenters. The summed E-state index contributed by atoms with van der Waals surface area (Å²) >= 11 is 7.82. The van der Waals surface area contributed by atoms with Gasteiger partial charge in [0.05, 0.1) is 20.1 Å². The van der Waals surface area contributed by atoms with E-state index in [1.807, 2.05) is 22.8 Å². The standard InChI is InChI=1S/C24H28ClN3O3S2/c1-4-12-28-22-20(25)6-5-7-21(22)32-24(28)26-23(29)18-8-10-19(11-9-18)33(30,31)27-14-16(2)13-17(3)15-27/h5-11,16-17H,4,12-15H2,1-3H3. The Hall–Kier alpha value is -2.00. The predicted octanol–water partition coefficient (Wildman–Crippen LogP) is 5.17. The third-order valence-corrected chi connectivity index (χ3v) is 9.07. The third kappa shape index (κ3) is 4.94. The van der Waals surface area contributed by atoms with Gasteiger partial charge < -0.3 is 4.57 Å². The van der Waals surface area contributed by atoms with Crippen LogP contribution in [0.15, 0.2) is 52.4 Å². The summed E-state index contributed by atoms with van der Waals surface area (Å²) in [5.41, 5.74) is 1.23. The number of aryl methyl sites for hydroxylation is 1. The molecule has 2 heterocycles. The smallest absolute Gasteiger partial charge is 0.279 e. The Labute approximate surface area is 203 Å². The molecule has 33 heavy (non-hydrogen) atoms. The van der Waals surface area contributed by atoms with Gasteiger partial charge in [-0.1, -0.05) is 49.8 Å². The fraction of sp³-hybridized carbons (Fsp3) is 0.417. The average Bonchev–Trinajstić information content (AvgIpc) is 3.11. The van der Waals surface area contributed by atoms with Crippen LogP contribution >= 0.6 is 22.9 Å². The zero-order valence-electron chi connectivity index (χ0n) is 19.0. The lowest BCUT2D eigenvalue weighted by Crippen LogP contribution is -2.42. The highest BCUT2D eigenvalue weighted by Crippen LogP contribution is 2.27. The Morgan fingerprint density at radius 2 is 1.79 bits per heavy atom. The van der Waals surface area contributed by atoms with Gasteiger partial charge in [0.15, 0.2) is 4.80 Å². The van der Waals surface area contributed by atoms with Gasteiger partial charge in [0, 0.05) is 25.2 Å². The molecule has 0 radical (unpaired) electrons. The second-order valence-corrected chi connectivity index (χ2v) is 12.2. The minimum atomic E-state index is -3.59. The first-order chi connectivity index (χ1) is 15.7. The molecule has 3 aromatic rings. The van der Waals surface area contributed by atoms with Crippen LogP contribution in [-0.2, 0) is 16.6 Å². The number of nitrogens with zero attached hydrogens (tertiary/aromatic N) is 3. The molecule has 1 aliphatic rings. The summed E-state index contributed by atoms with van der Waals surface area (Å²) in [4.78, 5) is 18.1. The number of carbonyl (C=O) groups is 1. The Morgan fingerprint density at radius 3 is 2.42 bits per heavy atom.